The van der Waals surface area contributed by atoms with Crippen molar-refractivity contribution in [3.8, 4) is 6.07 Å². The number of hydrogen-bond donors (Lipinski definition) is 7. The Bertz CT molecular complexity index is 1080. The summed E-state index contributed by atoms with van der Waals surface area (Å²) in [7, 11) is -17.0. The number of phosphoric acid groups is 3. The minimum Gasteiger partial charge on any atom is -0.387 e. The molecule has 1 aliphatic rings. The van der Waals surface area contributed by atoms with Crippen molar-refractivity contribution >= 4 is 29.3 Å². The lowest BCUT2D eigenvalue weighted by Gasteiger charge is -2.26. The van der Waals surface area contributed by atoms with Crippen molar-refractivity contribution < 1.29 is 61.4 Å². The number of anilines is 1. The van der Waals surface area contributed by atoms with Crippen molar-refractivity contribution in [3.05, 3.63) is 22.7 Å². The summed E-state index contributed by atoms with van der Waals surface area (Å²) in [6.07, 6.45) is -4.98. The fraction of sp³-hybridized carbons (Fsp3) is 0.500. The van der Waals surface area contributed by atoms with Crippen molar-refractivity contribution in [3.63, 3.8) is 0 Å². The third-order valence-electron chi connectivity index (χ3n) is 3.60. The van der Waals surface area contributed by atoms with Crippen LogP contribution in [-0.4, -0.2) is 64.3 Å². The maximum Gasteiger partial charge on any atom is 0.490 e. The van der Waals surface area contributed by atoms with Gasteiger partial charge in [0.25, 0.3) is 5.72 Å². The fourth-order valence-corrected chi connectivity index (χ4v) is 5.45. The molecule has 174 valence electrons. The van der Waals surface area contributed by atoms with Crippen LogP contribution < -0.4 is 11.4 Å². The molecule has 6 atom stereocenters. The number of aliphatic hydroxyl groups excluding tert-OH is 2. The predicted molar refractivity (Wildman–Crippen MR) is 93.2 cm³/mol. The van der Waals surface area contributed by atoms with Gasteiger partial charge in [0.2, 0.25) is 0 Å². The van der Waals surface area contributed by atoms with Crippen molar-refractivity contribution in [2.24, 2.45) is 0 Å². The van der Waals surface area contributed by atoms with Crippen molar-refractivity contribution in [1.29, 1.82) is 5.26 Å². The van der Waals surface area contributed by atoms with Gasteiger partial charge >= 0.3 is 29.2 Å². The molecule has 6 unspecified atom stereocenters. The maximum absolute atomic E-state index is 12.0. The first-order valence-electron chi connectivity index (χ1n) is 7.61. The Balaban J connectivity index is 2.19. The van der Waals surface area contributed by atoms with Crippen LogP contribution in [0.15, 0.2) is 17.1 Å². The van der Waals surface area contributed by atoms with Gasteiger partial charge in [-0.25, -0.2) is 18.5 Å². The Hall–Kier alpha value is -1.54. The number of aliphatic hydroxyl groups is 2. The van der Waals surface area contributed by atoms with Gasteiger partial charge in [0.1, 0.15) is 30.2 Å². The Labute approximate surface area is 171 Å². The van der Waals surface area contributed by atoms with Crippen LogP contribution in [0.1, 0.15) is 0 Å². The Morgan fingerprint density at radius 2 is 1.84 bits per heavy atom. The van der Waals surface area contributed by atoms with Crippen LogP contribution in [0.25, 0.3) is 0 Å². The number of nitrogens with two attached hydrogens (primary N) is 1. The number of phosphoric ester groups is 1. The van der Waals surface area contributed by atoms with Crippen LogP contribution in [0.5, 0.6) is 0 Å². The molecule has 18 nitrogen and oxygen atoms in total. The smallest absolute Gasteiger partial charge is 0.387 e. The van der Waals surface area contributed by atoms with E-state index in [0.717, 1.165) is 12.3 Å². The molecule has 1 saturated heterocycles. The Morgan fingerprint density at radius 1 is 1.23 bits per heavy atom. The molecule has 21 heteroatoms. The first-order valence-corrected chi connectivity index (χ1v) is 12.1. The van der Waals surface area contributed by atoms with Crippen LogP contribution in [-0.2, 0) is 37.3 Å². The predicted octanol–water partition coefficient (Wildman–Crippen LogP) is -2.53. The molecule has 31 heavy (non-hydrogen) atoms. The van der Waals surface area contributed by atoms with Gasteiger partial charge in [0, 0.05) is 6.20 Å². The van der Waals surface area contributed by atoms with Gasteiger partial charge in [0.15, 0.2) is 0 Å². The van der Waals surface area contributed by atoms with E-state index in [4.69, 9.17) is 25.2 Å². The molecule has 1 fully saturated rings. The summed E-state index contributed by atoms with van der Waals surface area (Å²) in [5.41, 5.74) is 1.61. The monoisotopic (exact) mass is 508 g/mol. The van der Waals surface area contributed by atoms with E-state index in [-0.39, 0.29) is 5.82 Å². The number of nitrogens with zero attached hydrogens (tertiary/aromatic N) is 3. The topological polar surface area (TPSA) is 294 Å². The summed E-state index contributed by atoms with van der Waals surface area (Å²) in [5.74, 6) is -0.230. The molecule has 0 saturated carbocycles. The van der Waals surface area contributed by atoms with E-state index in [0.29, 0.717) is 4.57 Å². The zero-order valence-electron chi connectivity index (χ0n) is 14.8. The highest BCUT2D eigenvalue weighted by Crippen LogP contribution is 2.66. The number of nitrogen functional groups attached to an aromatic ring is 1. The second-order valence-electron chi connectivity index (χ2n) is 5.79. The van der Waals surface area contributed by atoms with Gasteiger partial charge in [-0.2, -0.15) is 18.9 Å². The van der Waals surface area contributed by atoms with Crippen LogP contribution in [0.4, 0.5) is 5.82 Å². The molecule has 8 N–H and O–H groups in total. The van der Waals surface area contributed by atoms with E-state index >= 15 is 0 Å². The van der Waals surface area contributed by atoms with E-state index in [1.165, 1.54) is 6.07 Å². The second-order valence-corrected chi connectivity index (χ2v) is 10.2. The quantitative estimate of drug-likeness (QED) is 0.178. The number of ether oxygens (including phenoxy) is 1. The van der Waals surface area contributed by atoms with Gasteiger partial charge in [-0.05, 0) is 6.07 Å². The zero-order valence-corrected chi connectivity index (χ0v) is 17.5. The molecule has 0 aromatic carbocycles. The van der Waals surface area contributed by atoms with Gasteiger partial charge < -0.3 is 40.3 Å². The SMILES string of the molecule is N#CC1(n2ccc(N)nc2=O)OC(COP(=O)(O)OP(=O)(O)OP(=O)(O)O)C(O)C1O. The van der Waals surface area contributed by atoms with Gasteiger partial charge in [0.05, 0.1) is 6.61 Å². The molecule has 0 bridgehead atoms. The standard InChI is InChI=1S/C10H15N4O14P3/c11-4-10(14-2-1-6(12)13-9(14)17)8(16)7(15)5(26-10)3-25-30(21,22)28-31(23,24)27-29(18,19)20/h1-2,5,7-8,15-16H,3H2,(H,21,22)(H,23,24)(H2,12,13,17)(H2,18,19,20). The zero-order chi connectivity index (χ0) is 23.8. The summed E-state index contributed by atoms with van der Waals surface area (Å²) in [6, 6.07) is 2.54. The molecule has 1 aromatic heterocycles. The van der Waals surface area contributed by atoms with Crippen molar-refractivity contribution in [1.82, 2.24) is 9.55 Å². The number of hydrogen-bond acceptors (Lipinski definition) is 13. The summed E-state index contributed by atoms with van der Waals surface area (Å²) >= 11 is 0. The lowest BCUT2D eigenvalue weighted by molar-refractivity contribution is -0.108. The van der Waals surface area contributed by atoms with Gasteiger partial charge in [-0.15, -0.1) is 0 Å². The van der Waals surface area contributed by atoms with Crippen LogP contribution in [0.3, 0.4) is 0 Å². The van der Waals surface area contributed by atoms with E-state index in [1.54, 1.807) is 0 Å². The Kier molecular flexibility index (Phi) is 7.28. The fourth-order valence-electron chi connectivity index (χ4n) is 2.42. The molecule has 2 heterocycles. The summed E-state index contributed by atoms with van der Waals surface area (Å²) in [4.78, 5) is 50.8. The molecule has 0 aliphatic carbocycles. The molecule has 1 aliphatic heterocycles. The highest BCUT2D eigenvalue weighted by Gasteiger charge is 2.57. The Morgan fingerprint density at radius 3 is 2.35 bits per heavy atom. The maximum atomic E-state index is 12.0. The lowest BCUT2D eigenvalue weighted by atomic mass is 10.0. The van der Waals surface area contributed by atoms with Crippen molar-refractivity contribution in [2.45, 2.75) is 24.0 Å². The number of nitriles is 1. The average molecular weight is 508 g/mol. The molecule has 1 aromatic rings. The highest BCUT2D eigenvalue weighted by atomic mass is 31.3. The van der Waals surface area contributed by atoms with E-state index in [9.17, 15) is 38.9 Å². The first-order chi connectivity index (χ1) is 14.0. The van der Waals surface area contributed by atoms with E-state index < -0.39 is 59.8 Å². The summed E-state index contributed by atoms with van der Waals surface area (Å²) in [6.45, 7) is -1.18. The summed E-state index contributed by atoms with van der Waals surface area (Å²) in [5, 5.41) is 29.8. The highest BCUT2D eigenvalue weighted by molar-refractivity contribution is 7.66. The molecular formula is C10H15N4O14P3. The summed E-state index contributed by atoms with van der Waals surface area (Å²) < 4.78 is 50.6. The molecule has 0 radical (unpaired) electrons. The molecular weight excluding hydrogens is 493 g/mol. The van der Waals surface area contributed by atoms with Gasteiger partial charge in [-0.3, -0.25) is 9.09 Å². The largest absolute Gasteiger partial charge is 0.490 e. The lowest BCUT2D eigenvalue weighted by Crippen LogP contribution is -2.49. The molecule has 0 spiro atoms. The normalized spacial score (nSPS) is 30.3. The van der Waals surface area contributed by atoms with E-state index in [1.807, 2.05) is 0 Å². The number of rotatable bonds is 8. The average Bonchev–Trinajstić information content (AvgIpc) is 2.82. The van der Waals surface area contributed by atoms with Crippen LogP contribution in [0.2, 0.25) is 0 Å². The van der Waals surface area contributed by atoms with Crippen LogP contribution in [0, 0.1) is 11.3 Å². The van der Waals surface area contributed by atoms with Gasteiger partial charge in [-0.1, -0.05) is 0 Å². The minimum absolute atomic E-state index is 0.230. The van der Waals surface area contributed by atoms with E-state index in [2.05, 4.69) is 18.1 Å². The minimum atomic E-state index is -5.79. The number of aromatic nitrogens is 2. The van der Waals surface area contributed by atoms with Crippen molar-refractivity contribution in [2.75, 3.05) is 12.3 Å². The molecule has 2 rings (SSSR count). The third-order valence-corrected chi connectivity index (χ3v) is 7.40. The first kappa shape index (κ1) is 25.7. The third kappa shape index (κ3) is 6.04. The van der Waals surface area contributed by atoms with Crippen LogP contribution >= 0.6 is 23.5 Å². The molecule has 0 amide bonds. The second kappa shape index (κ2) is 8.77.